The molecule has 2 aromatic rings. The second kappa shape index (κ2) is 8.30. The molecule has 1 saturated heterocycles. The van der Waals surface area contributed by atoms with Gasteiger partial charge in [0.2, 0.25) is 0 Å². The number of hydrogen-bond acceptors (Lipinski definition) is 3. The van der Waals surface area contributed by atoms with E-state index in [4.69, 9.17) is 23.8 Å². The van der Waals surface area contributed by atoms with Crippen molar-refractivity contribution in [2.24, 2.45) is 0 Å². The van der Waals surface area contributed by atoms with Crippen LogP contribution in [-0.2, 0) is 0 Å². The smallest absolute Gasteiger partial charge is 0.170 e. The Morgan fingerprint density at radius 1 is 1.29 bits per heavy atom. The molecule has 0 saturated carbocycles. The molecule has 2 N–H and O–H groups in total. The molecule has 0 radical (unpaired) electrons. The minimum atomic E-state index is 0.382. The second-order valence-corrected chi connectivity index (χ2v) is 7.82. The maximum absolute atomic E-state index is 6.17. The Bertz CT molecular complexity index is 682. The molecule has 0 amide bonds. The number of thiophene rings is 1. The number of likely N-dealkylation sites (tertiary alicyclic amines) is 1. The van der Waals surface area contributed by atoms with Crippen molar-refractivity contribution in [2.45, 2.75) is 25.8 Å². The fraction of sp³-hybridized carbons (Fsp3) is 0.389. The van der Waals surface area contributed by atoms with E-state index in [0.717, 1.165) is 35.9 Å². The SMILES string of the molecule is Cc1c(Cl)cccc1NC(=S)NC[C@H](c1cccs1)N1CCCC1. The van der Waals surface area contributed by atoms with Crippen LogP contribution in [0.4, 0.5) is 5.69 Å². The number of nitrogens with zero attached hydrogens (tertiary/aromatic N) is 1. The summed E-state index contributed by atoms with van der Waals surface area (Å²) in [4.78, 5) is 3.94. The Morgan fingerprint density at radius 3 is 2.79 bits per heavy atom. The molecular weight excluding hydrogens is 358 g/mol. The zero-order chi connectivity index (χ0) is 16.9. The predicted molar refractivity (Wildman–Crippen MR) is 108 cm³/mol. The van der Waals surface area contributed by atoms with Crippen LogP contribution in [0.5, 0.6) is 0 Å². The van der Waals surface area contributed by atoms with Crippen LogP contribution in [0.15, 0.2) is 35.7 Å². The van der Waals surface area contributed by atoms with Crippen molar-refractivity contribution in [3.05, 3.63) is 51.2 Å². The quantitative estimate of drug-likeness (QED) is 0.727. The molecule has 1 atom stereocenters. The highest BCUT2D eigenvalue weighted by Crippen LogP contribution is 2.28. The van der Waals surface area contributed by atoms with Crippen molar-refractivity contribution in [2.75, 3.05) is 25.0 Å². The fourth-order valence-corrected chi connectivity index (χ4v) is 4.27. The number of hydrogen-bond donors (Lipinski definition) is 2. The highest BCUT2D eigenvalue weighted by molar-refractivity contribution is 7.80. The van der Waals surface area contributed by atoms with Crippen LogP contribution in [0, 0.1) is 6.92 Å². The Balaban J connectivity index is 1.62. The van der Waals surface area contributed by atoms with Gasteiger partial charge in [-0.1, -0.05) is 23.7 Å². The van der Waals surface area contributed by atoms with Crippen LogP contribution >= 0.6 is 35.2 Å². The van der Waals surface area contributed by atoms with Crippen LogP contribution in [-0.4, -0.2) is 29.6 Å². The lowest BCUT2D eigenvalue weighted by Crippen LogP contribution is -2.38. The summed E-state index contributed by atoms with van der Waals surface area (Å²) in [7, 11) is 0. The van der Waals surface area contributed by atoms with E-state index < -0.39 is 0 Å². The molecule has 3 rings (SSSR count). The van der Waals surface area contributed by atoms with Gasteiger partial charge in [-0.3, -0.25) is 4.90 Å². The maximum Gasteiger partial charge on any atom is 0.170 e. The van der Waals surface area contributed by atoms with Gasteiger partial charge in [0.15, 0.2) is 5.11 Å². The van der Waals surface area contributed by atoms with E-state index in [9.17, 15) is 0 Å². The Morgan fingerprint density at radius 2 is 2.08 bits per heavy atom. The third-order valence-electron chi connectivity index (χ3n) is 4.42. The first-order valence-electron chi connectivity index (χ1n) is 8.22. The van der Waals surface area contributed by atoms with Crippen molar-refractivity contribution >= 4 is 46.0 Å². The first-order valence-corrected chi connectivity index (χ1v) is 9.89. The summed E-state index contributed by atoms with van der Waals surface area (Å²) in [5.74, 6) is 0. The summed E-state index contributed by atoms with van der Waals surface area (Å²) in [6.45, 7) is 5.13. The number of thiocarbonyl (C=S) groups is 1. The molecule has 128 valence electrons. The molecule has 0 unspecified atom stereocenters. The lowest BCUT2D eigenvalue weighted by Gasteiger charge is -2.27. The first-order chi connectivity index (χ1) is 11.6. The van der Waals surface area contributed by atoms with Gasteiger partial charge in [0.1, 0.15) is 0 Å². The van der Waals surface area contributed by atoms with Crippen molar-refractivity contribution < 1.29 is 0 Å². The van der Waals surface area contributed by atoms with Gasteiger partial charge in [-0.05, 0) is 74.2 Å². The molecule has 1 aromatic heterocycles. The molecule has 1 aliphatic rings. The van der Waals surface area contributed by atoms with Crippen LogP contribution in [0.1, 0.15) is 29.3 Å². The number of rotatable bonds is 5. The van der Waals surface area contributed by atoms with E-state index in [-0.39, 0.29) is 0 Å². The van der Waals surface area contributed by atoms with Gasteiger partial charge >= 0.3 is 0 Å². The normalized spacial score (nSPS) is 16.1. The average molecular weight is 380 g/mol. The molecule has 1 aromatic carbocycles. The van der Waals surface area contributed by atoms with Gasteiger partial charge in [0, 0.05) is 22.1 Å². The number of halogens is 1. The molecule has 0 bridgehead atoms. The summed E-state index contributed by atoms with van der Waals surface area (Å²) in [6, 6.07) is 10.5. The van der Waals surface area contributed by atoms with E-state index in [2.05, 4.69) is 33.0 Å². The zero-order valence-electron chi connectivity index (χ0n) is 13.7. The predicted octanol–water partition coefficient (Wildman–Crippen LogP) is 4.83. The molecule has 3 nitrogen and oxygen atoms in total. The van der Waals surface area contributed by atoms with E-state index >= 15 is 0 Å². The molecule has 2 heterocycles. The monoisotopic (exact) mass is 379 g/mol. The van der Waals surface area contributed by atoms with Gasteiger partial charge in [0.25, 0.3) is 0 Å². The third-order valence-corrected chi connectivity index (χ3v) is 6.05. The van der Waals surface area contributed by atoms with Gasteiger partial charge in [-0.2, -0.15) is 0 Å². The maximum atomic E-state index is 6.17. The van der Waals surface area contributed by atoms with Crippen molar-refractivity contribution in [3.8, 4) is 0 Å². The summed E-state index contributed by atoms with van der Waals surface area (Å²) < 4.78 is 0. The van der Waals surface area contributed by atoms with Gasteiger partial charge in [-0.25, -0.2) is 0 Å². The number of benzene rings is 1. The molecule has 0 spiro atoms. The molecular formula is C18H22ClN3S2. The molecule has 0 aliphatic carbocycles. The van der Waals surface area contributed by atoms with Gasteiger partial charge < -0.3 is 10.6 Å². The second-order valence-electron chi connectivity index (χ2n) is 6.02. The Labute approximate surface area is 158 Å². The first kappa shape index (κ1) is 17.7. The van der Waals surface area contributed by atoms with Crippen molar-refractivity contribution in [1.29, 1.82) is 0 Å². The summed E-state index contributed by atoms with van der Waals surface area (Å²) >= 11 is 13.5. The minimum absolute atomic E-state index is 0.382. The highest BCUT2D eigenvalue weighted by Gasteiger charge is 2.24. The van der Waals surface area contributed by atoms with Crippen LogP contribution in [0.25, 0.3) is 0 Å². The molecule has 1 fully saturated rings. The van der Waals surface area contributed by atoms with E-state index in [0.29, 0.717) is 11.2 Å². The third kappa shape index (κ3) is 4.28. The summed E-state index contributed by atoms with van der Waals surface area (Å²) in [5.41, 5.74) is 1.96. The van der Waals surface area contributed by atoms with Gasteiger partial charge in [-0.15, -0.1) is 11.3 Å². The largest absolute Gasteiger partial charge is 0.360 e. The van der Waals surface area contributed by atoms with Crippen molar-refractivity contribution in [1.82, 2.24) is 10.2 Å². The Hall–Kier alpha value is -1.14. The lowest BCUT2D eigenvalue weighted by molar-refractivity contribution is 0.249. The van der Waals surface area contributed by atoms with E-state index in [1.54, 1.807) is 0 Å². The van der Waals surface area contributed by atoms with Gasteiger partial charge in [0.05, 0.1) is 6.04 Å². The molecule has 6 heteroatoms. The Kier molecular flexibility index (Phi) is 6.11. The molecule has 1 aliphatic heterocycles. The minimum Gasteiger partial charge on any atom is -0.360 e. The van der Waals surface area contributed by atoms with Crippen LogP contribution < -0.4 is 10.6 Å². The number of nitrogens with one attached hydrogen (secondary N) is 2. The topological polar surface area (TPSA) is 27.3 Å². The van der Waals surface area contributed by atoms with E-state index in [1.165, 1.54) is 17.7 Å². The lowest BCUT2D eigenvalue weighted by atomic mass is 10.2. The highest BCUT2D eigenvalue weighted by atomic mass is 35.5. The van der Waals surface area contributed by atoms with E-state index in [1.807, 2.05) is 36.5 Å². The fourth-order valence-electron chi connectivity index (χ4n) is 3.04. The summed E-state index contributed by atoms with van der Waals surface area (Å²) in [5, 5.41) is 10.2. The summed E-state index contributed by atoms with van der Waals surface area (Å²) in [6.07, 6.45) is 2.57. The number of anilines is 1. The van der Waals surface area contributed by atoms with Crippen LogP contribution in [0.2, 0.25) is 5.02 Å². The molecule has 24 heavy (non-hydrogen) atoms. The average Bonchev–Trinajstić information content (AvgIpc) is 3.26. The standard InChI is InChI=1S/C18H22ClN3S2/c1-13-14(19)6-4-7-15(13)21-18(23)20-12-16(17-8-5-11-24-17)22-9-2-3-10-22/h4-8,11,16H,2-3,9-10,12H2,1H3,(H2,20,21,23)/t16-/m1/s1. The zero-order valence-corrected chi connectivity index (χ0v) is 16.1. The van der Waals surface area contributed by atoms with Crippen molar-refractivity contribution in [3.63, 3.8) is 0 Å². The van der Waals surface area contributed by atoms with Crippen LogP contribution in [0.3, 0.4) is 0 Å².